The Morgan fingerprint density at radius 2 is 1.60 bits per heavy atom. The van der Waals surface area contributed by atoms with E-state index in [0.717, 1.165) is 63.1 Å². The minimum Gasteiger partial charge on any atom is -0.443 e. The van der Waals surface area contributed by atoms with E-state index in [2.05, 4.69) is 37.9 Å². The smallest absolute Gasteiger partial charge is 0.407 e. The van der Waals surface area contributed by atoms with Crippen molar-refractivity contribution >= 4 is 6.09 Å². The maximum absolute atomic E-state index is 12.8. The minimum absolute atomic E-state index is 0.145. The van der Waals surface area contributed by atoms with Crippen molar-refractivity contribution in [2.75, 3.05) is 19.6 Å². The molecule has 0 aliphatic heterocycles. The van der Waals surface area contributed by atoms with Gasteiger partial charge >= 0.3 is 6.09 Å². The SMILES string of the molecule is CCC(C)[C@@H](CN(CC)CC)NC(=O)OC12CC3CC(CC(C3)C1)C2. The summed E-state index contributed by atoms with van der Waals surface area (Å²) in [5.74, 6) is 2.88. The molecule has 4 nitrogen and oxygen atoms in total. The summed E-state index contributed by atoms with van der Waals surface area (Å²) in [6, 6.07) is 0.173. The largest absolute Gasteiger partial charge is 0.443 e. The van der Waals surface area contributed by atoms with Crippen molar-refractivity contribution in [3.05, 3.63) is 0 Å². The molecule has 1 N–H and O–H groups in total. The number of likely N-dealkylation sites (N-methyl/N-ethyl adjacent to an activating group) is 1. The monoisotopic (exact) mass is 350 g/mol. The predicted octanol–water partition coefficient (Wildman–Crippen LogP) is 4.44. The van der Waals surface area contributed by atoms with E-state index in [0.29, 0.717) is 5.92 Å². The molecule has 4 rings (SSSR count). The first-order valence-corrected chi connectivity index (χ1v) is 10.7. The van der Waals surface area contributed by atoms with Gasteiger partial charge in [0.25, 0.3) is 0 Å². The van der Waals surface area contributed by atoms with Gasteiger partial charge in [-0.3, -0.25) is 0 Å². The van der Waals surface area contributed by atoms with Crippen molar-refractivity contribution in [1.29, 1.82) is 0 Å². The van der Waals surface area contributed by atoms with Crippen LogP contribution in [0, 0.1) is 23.7 Å². The van der Waals surface area contributed by atoms with E-state index in [1.54, 1.807) is 0 Å². The second kappa shape index (κ2) is 7.85. The van der Waals surface area contributed by atoms with Gasteiger partial charge in [-0.15, -0.1) is 0 Å². The Hall–Kier alpha value is -0.770. The van der Waals surface area contributed by atoms with Crippen LogP contribution in [-0.2, 0) is 4.74 Å². The van der Waals surface area contributed by atoms with Crippen LogP contribution in [0.4, 0.5) is 4.79 Å². The molecule has 1 amide bonds. The lowest BCUT2D eigenvalue weighted by Gasteiger charge is -2.55. The highest BCUT2D eigenvalue weighted by atomic mass is 16.6. The Balaban J connectivity index is 1.59. The van der Waals surface area contributed by atoms with Crippen LogP contribution in [0.15, 0.2) is 0 Å². The Bertz CT molecular complexity index is 426. The van der Waals surface area contributed by atoms with Crippen LogP contribution in [0.5, 0.6) is 0 Å². The zero-order valence-corrected chi connectivity index (χ0v) is 16.7. The fourth-order valence-corrected chi connectivity index (χ4v) is 5.95. The lowest BCUT2D eigenvalue weighted by molar-refractivity contribution is -0.128. The number of ether oxygens (including phenoxy) is 1. The number of amides is 1. The van der Waals surface area contributed by atoms with Gasteiger partial charge in [0.2, 0.25) is 0 Å². The zero-order chi connectivity index (χ0) is 18.0. The molecule has 0 heterocycles. The fourth-order valence-electron chi connectivity index (χ4n) is 5.95. The molecular formula is C21H38N2O2. The van der Waals surface area contributed by atoms with Gasteiger partial charge in [0.05, 0.1) is 0 Å². The van der Waals surface area contributed by atoms with Crippen molar-refractivity contribution in [2.24, 2.45) is 23.7 Å². The quantitative estimate of drug-likeness (QED) is 0.704. The van der Waals surface area contributed by atoms with Crippen LogP contribution in [-0.4, -0.2) is 42.3 Å². The second-order valence-electron chi connectivity index (χ2n) is 9.11. The molecule has 4 saturated carbocycles. The summed E-state index contributed by atoms with van der Waals surface area (Å²) in [7, 11) is 0. The first-order valence-electron chi connectivity index (χ1n) is 10.7. The molecule has 0 spiro atoms. The van der Waals surface area contributed by atoms with E-state index in [-0.39, 0.29) is 17.7 Å². The van der Waals surface area contributed by atoms with Gasteiger partial charge in [-0.1, -0.05) is 34.1 Å². The summed E-state index contributed by atoms with van der Waals surface area (Å²) in [6.07, 6.45) is 8.36. The van der Waals surface area contributed by atoms with Crippen molar-refractivity contribution in [1.82, 2.24) is 10.2 Å². The third-order valence-corrected chi connectivity index (χ3v) is 7.27. The van der Waals surface area contributed by atoms with E-state index >= 15 is 0 Å². The lowest BCUT2D eigenvalue weighted by atomic mass is 9.54. The van der Waals surface area contributed by atoms with E-state index in [9.17, 15) is 4.79 Å². The summed E-state index contributed by atoms with van der Waals surface area (Å²) in [5.41, 5.74) is -0.145. The van der Waals surface area contributed by atoms with Crippen LogP contribution >= 0.6 is 0 Å². The number of hydrogen-bond donors (Lipinski definition) is 1. The van der Waals surface area contributed by atoms with Gasteiger partial charge in [0.1, 0.15) is 5.60 Å². The topological polar surface area (TPSA) is 41.6 Å². The summed E-state index contributed by atoms with van der Waals surface area (Å²) in [4.78, 5) is 15.2. The summed E-state index contributed by atoms with van der Waals surface area (Å²) in [5, 5.41) is 3.24. The van der Waals surface area contributed by atoms with Crippen LogP contribution < -0.4 is 5.32 Å². The molecule has 4 aliphatic carbocycles. The van der Waals surface area contributed by atoms with E-state index in [1.807, 2.05) is 0 Å². The maximum atomic E-state index is 12.8. The Morgan fingerprint density at radius 3 is 2.04 bits per heavy atom. The lowest BCUT2D eigenvalue weighted by Crippen LogP contribution is -2.55. The Kier molecular flexibility index (Phi) is 5.97. The molecule has 0 radical (unpaired) electrons. The third-order valence-electron chi connectivity index (χ3n) is 7.27. The van der Waals surface area contributed by atoms with Gasteiger partial charge in [0, 0.05) is 12.6 Å². The molecule has 0 saturated heterocycles. The summed E-state index contributed by atoms with van der Waals surface area (Å²) < 4.78 is 6.16. The summed E-state index contributed by atoms with van der Waals surface area (Å²) >= 11 is 0. The van der Waals surface area contributed by atoms with Crippen molar-refractivity contribution < 1.29 is 9.53 Å². The number of alkyl carbamates (subject to hydrolysis) is 1. The zero-order valence-electron chi connectivity index (χ0n) is 16.7. The van der Waals surface area contributed by atoms with Gasteiger partial charge in [0.15, 0.2) is 0 Å². The number of nitrogens with zero attached hydrogens (tertiary/aromatic N) is 1. The predicted molar refractivity (Wildman–Crippen MR) is 102 cm³/mol. The van der Waals surface area contributed by atoms with Crippen molar-refractivity contribution in [3.8, 4) is 0 Å². The number of carbonyl (C=O) groups excluding carboxylic acids is 1. The van der Waals surface area contributed by atoms with E-state index in [1.165, 1.54) is 19.3 Å². The number of hydrogen-bond acceptors (Lipinski definition) is 3. The molecule has 144 valence electrons. The summed E-state index contributed by atoms with van der Waals surface area (Å²) in [6.45, 7) is 11.8. The van der Waals surface area contributed by atoms with Crippen LogP contribution in [0.25, 0.3) is 0 Å². The van der Waals surface area contributed by atoms with Crippen LogP contribution in [0.1, 0.15) is 72.6 Å². The van der Waals surface area contributed by atoms with Crippen molar-refractivity contribution in [3.63, 3.8) is 0 Å². The highest BCUT2D eigenvalue weighted by Gasteiger charge is 2.53. The molecular weight excluding hydrogens is 312 g/mol. The molecule has 0 aromatic carbocycles. The van der Waals surface area contributed by atoms with Gasteiger partial charge in [-0.05, 0) is 75.3 Å². The van der Waals surface area contributed by atoms with Crippen molar-refractivity contribution in [2.45, 2.75) is 84.3 Å². The molecule has 4 fully saturated rings. The van der Waals surface area contributed by atoms with Gasteiger partial charge in [-0.25, -0.2) is 4.79 Å². The number of rotatable bonds is 8. The molecule has 0 aromatic heterocycles. The molecule has 1 unspecified atom stereocenters. The molecule has 2 atom stereocenters. The van der Waals surface area contributed by atoms with Crippen LogP contribution in [0.2, 0.25) is 0 Å². The molecule has 4 bridgehead atoms. The average molecular weight is 351 g/mol. The van der Waals surface area contributed by atoms with E-state index < -0.39 is 0 Å². The Labute approximate surface area is 154 Å². The second-order valence-corrected chi connectivity index (χ2v) is 9.11. The molecule has 25 heavy (non-hydrogen) atoms. The van der Waals surface area contributed by atoms with Gasteiger partial charge < -0.3 is 15.0 Å². The first-order chi connectivity index (χ1) is 12.0. The number of nitrogens with one attached hydrogen (secondary N) is 1. The maximum Gasteiger partial charge on any atom is 0.407 e. The highest BCUT2D eigenvalue weighted by Crippen LogP contribution is 2.57. The highest BCUT2D eigenvalue weighted by molar-refractivity contribution is 5.68. The fraction of sp³-hybridized carbons (Fsp3) is 0.952. The minimum atomic E-state index is -0.167. The van der Waals surface area contributed by atoms with E-state index in [4.69, 9.17) is 4.74 Å². The first kappa shape index (κ1) is 19.0. The molecule has 4 aliphatic rings. The van der Waals surface area contributed by atoms with Gasteiger partial charge in [-0.2, -0.15) is 0 Å². The number of carbonyl (C=O) groups is 1. The Morgan fingerprint density at radius 1 is 1.08 bits per heavy atom. The molecule has 0 aromatic rings. The standard InChI is InChI=1S/C21H38N2O2/c1-5-15(4)19(14-23(6-2)7-3)22-20(24)25-21-11-16-8-17(12-21)10-18(9-16)13-21/h15-19H,5-14H2,1-4H3,(H,22,24)/t15?,16?,17?,18?,19-,21?/m1/s1. The normalized spacial score (nSPS) is 35.6. The average Bonchev–Trinajstić information content (AvgIpc) is 2.56. The van der Waals surface area contributed by atoms with Crippen LogP contribution in [0.3, 0.4) is 0 Å². The third kappa shape index (κ3) is 4.32. The molecule has 4 heteroatoms.